The van der Waals surface area contributed by atoms with Crippen LogP contribution in [0.4, 0.5) is 5.69 Å². The number of ketones is 1. The van der Waals surface area contributed by atoms with Crippen LogP contribution in [-0.4, -0.2) is 21.9 Å². The topological polar surface area (TPSA) is 77.0 Å². The highest BCUT2D eigenvalue weighted by Gasteiger charge is 2.41. The van der Waals surface area contributed by atoms with Crippen LogP contribution in [0, 0.1) is 18.3 Å². The van der Waals surface area contributed by atoms with Crippen LogP contribution in [0.15, 0.2) is 95.7 Å². The maximum Gasteiger partial charge on any atom is 0.245 e. The summed E-state index contributed by atoms with van der Waals surface area (Å²) in [5, 5.41) is 10.8. The molecule has 1 aromatic heterocycles. The fourth-order valence-corrected chi connectivity index (χ4v) is 5.44. The third-order valence-corrected chi connectivity index (χ3v) is 7.16. The van der Waals surface area contributed by atoms with Gasteiger partial charge in [-0.25, -0.2) is 0 Å². The molecule has 5 rings (SSSR count). The first kappa shape index (κ1) is 21.7. The average molecular weight is 464 g/mol. The predicted octanol–water partition coefficient (Wildman–Crippen LogP) is 5.79. The van der Waals surface area contributed by atoms with Crippen LogP contribution in [0.25, 0.3) is 10.9 Å². The Morgan fingerprint density at radius 2 is 1.74 bits per heavy atom. The van der Waals surface area contributed by atoms with Gasteiger partial charge in [0, 0.05) is 28.4 Å². The van der Waals surface area contributed by atoms with Gasteiger partial charge in [-0.2, -0.15) is 5.26 Å². The molecule has 0 saturated carbocycles. The Bertz CT molecular complexity index is 1460. The molecule has 1 fully saturated rings. The summed E-state index contributed by atoms with van der Waals surface area (Å²) in [6.07, 6.45) is 2.14. The number of aromatic nitrogens is 1. The Morgan fingerprint density at radius 1 is 1.03 bits per heavy atom. The molecule has 5 nitrogen and oxygen atoms in total. The normalized spacial score (nSPS) is 17.1. The molecule has 1 aliphatic heterocycles. The zero-order valence-electron chi connectivity index (χ0n) is 18.5. The van der Waals surface area contributed by atoms with E-state index in [1.807, 2.05) is 85.8 Å². The highest BCUT2D eigenvalue weighted by molar-refractivity contribution is 8.05. The summed E-state index contributed by atoms with van der Waals surface area (Å²) in [6, 6.07) is 26.8. The van der Waals surface area contributed by atoms with Gasteiger partial charge in [-0.1, -0.05) is 78.0 Å². The molecular formula is C28H21N3O2S. The Hall–Kier alpha value is -4.08. The predicted molar refractivity (Wildman–Crippen MR) is 135 cm³/mol. The van der Waals surface area contributed by atoms with Crippen molar-refractivity contribution in [3.05, 3.63) is 112 Å². The van der Waals surface area contributed by atoms with E-state index in [-0.39, 0.29) is 11.5 Å². The fourth-order valence-electron chi connectivity index (χ4n) is 4.13. The molecule has 34 heavy (non-hydrogen) atoms. The number of hydrogen-bond acceptors (Lipinski definition) is 4. The lowest BCUT2D eigenvalue weighted by Gasteiger charge is -2.18. The molecular weight excluding hydrogens is 442 g/mol. The quantitative estimate of drug-likeness (QED) is 0.231. The van der Waals surface area contributed by atoms with Crippen molar-refractivity contribution in [2.75, 3.05) is 4.90 Å². The molecule has 1 amide bonds. The van der Waals surface area contributed by atoms with E-state index in [1.54, 1.807) is 6.20 Å². The third-order valence-electron chi connectivity index (χ3n) is 5.90. The van der Waals surface area contributed by atoms with E-state index in [0.29, 0.717) is 22.7 Å². The number of nitrogens with one attached hydrogen (secondary N) is 1. The lowest BCUT2D eigenvalue weighted by atomic mass is 10.0. The Balaban J connectivity index is 1.59. The number of fused-ring (bicyclic) bond motifs is 1. The van der Waals surface area contributed by atoms with Crippen molar-refractivity contribution >= 4 is 40.0 Å². The molecule has 0 spiro atoms. The van der Waals surface area contributed by atoms with E-state index in [4.69, 9.17) is 0 Å². The second kappa shape index (κ2) is 9.05. The number of hydrogen-bond donors (Lipinski definition) is 1. The third kappa shape index (κ3) is 3.91. The Labute approximate surface area is 201 Å². The monoisotopic (exact) mass is 463 g/mol. The Kier molecular flexibility index (Phi) is 5.79. The number of rotatable bonds is 5. The molecule has 3 aromatic carbocycles. The number of aryl methyl sites for hydroxylation is 1. The second-order valence-electron chi connectivity index (χ2n) is 8.17. The molecule has 166 valence electrons. The molecule has 0 bridgehead atoms. The summed E-state index contributed by atoms with van der Waals surface area (Å²) >= 11 is 1.29. The van der Waals surface area contributed by atoms with Crippen LogP contribution in [-0.2, 0) is 11.2 Å². The first-order chi connectivity index (χ1) is 16.6. The Morgan fingerprint density at radius 3 is 2.47 bits per heavy atom. The van der Waals surface area contributed by atoms with Crippen molar-refractivity contribution < 1.29 is 9.59 Å². The molecule has 1 unspecified atom stereocenters. The van der Waals surface area contributed by atoms with Gasteiger partial charge in [0.15, 0.2) is 0 Å². The zero-order chi connectivity index (χ0) is 23.7. The first-order valence-corrected chi connectivity index (χ1v) is 11.8. The van der Waals surface area contributed by atoms with Crippen LogP contribution < -0.4 is 4.90 Å². The van der Waals surface area contributed by atoms with Crippen LogP contribution >= 0.6 is 11.8 Å². The number of allylic oxidation sites excluding steroid dienone is 1. The minimum absolute atomic E-state index is 0.0293. The fraction of sp³-hybridized carbons (Fsp3) is 0.107. The minimum atomic E-state index is -0.433. The van der Waals surface area contributed by atoms with Gasteiger partial charge in [0.05, 0.1) is 5.25 Å². The van der Waals surface area contributed by atoms with E-state index in [0.717, 1.165) is 22.0 Å². The largest absolute Gasteiger partial charge is 0.360 e. The highest BCUT2D eigenvalue weighted by Crippen LogP contribution is 2.42. The second-order valence-corrected chi connectivity index (χ2v) is 9.37. The number of nitriles is 1. The number of nitrogens with zero attached hydrogens (tertiary/aromatic N) is 2. The zero-order valence-corrected chi connectivity index (χ0v) is 19.3. The van der Waals surface area contributed by atoms with Crippen molar-refractivity contribution in [1.29, 1.82) is 5.26 Å². The lowest BCUT2D eigenvalue weighted by Crippen LogP contribution is -2.30. The number of anilines is 1. The van der Waals surface area contributed by atoms with E-state index in [9.17, 15) is 14.9 Å². The molecule has 1 N–H and O–H groups in total. The number of carbonyl (C=O) groups excluding carboxylic acids is 2. The number of Topliss-reactive ketones (excluding diaryl/α,β-unsaturated/α-hetero) is 1. The maximum absolute atomic E-state index is 13.6. The van der Waals surface area contributed by atoms with Gasteiger partial charge in [0.25, 0.3) is 0 Å². The maximum atomic E-state index is 13.6. The molecule has 1 saturated heterocycles. The summed E-state index contributed by atoms with van der Waals surface area (Å²) in [5.41, 5.74) is 4.03. The minimum Gasteiger partial charge on any atom is -0.360 e. The van der Waals surface area contributed by atoms with E-state index >= 15 is 0 Å². The highest BCUT2D eigenvalue weighted by atomic mass is 32.2. The summed E-state index contributed by atoms with van der Waals surface area (Å²) in [6.45, 7) is 2.02. The number of para-hydroxylation sites is 2. The van der Waals surface area contributed by atoms with Crippen LogP contribution in [0.5, 0.6) is 0 Å². The summed E-state index contributed by atoms with van der Waals surface area (Å²) in [4.78, 5) is 31.8. The number of aromatic amines is 1. The number of amides is 1. The van der Waals surface area contributed by atoms with Gasteiger partial charge in [0.2, 0.25) is 11.7 Å². The molecule has 4 aromatic rings. The SMILES string of the molecule is Cc1ccc(CC2SC(=C(C#N)C(=O)c3c[nH]c4ccccc34)N(c3ccccc3)C2=O)cc1. The lowest BCUT2D eigenvalue weighted by molar-refractivity contribution is -0.117. The molecule has 2 heterocycles. The van der Waals surface area contributed by atoms with Gasteiger partial charge in [-0.05, 0) is 37.1 Å². The average Bonchev–Trinajstić information content (AvgIpc) is 3.43. The van der Waals surface area contributed by atoms with Gasteiger partial charge in [-0.3, -0.25) is 14.5 Å². The summed E-state index contributed by atoms with van der Waals surface area (Å²) < 4.78 is 0. The number of carbonyl (C=O) groups is 2. The van der Waals surface area contributed by atoms with E-state index < -0.39 is 11.0 Å². The van der Waals surface area contributed by atoms with Crippen molar-refractivity contribution in [3.63, 3.8) is 0 Å². The van der Waals surface area contributed by atoms with Gasteiger partial charge >= 0.3 is 0 Å². The van der Waals surface area contributed by atoms with Gasteiger partial charge in [0.1, 0.15) is 16.7 Å². The standard InChI is InChI=1S/C28H21N3O2S/c1-18-11-13-19(14-12-18)15-25-27(33)31(20-7-3-2-4-8-20)28(34-25)22(16-29)26(32)23-17-30-24-10-6-5-9-21(23)24/h2-14,17,25,30H,15H2,1H3. The van der Waals surface area contributed by atoms with Crippen LogP contribution in [0.3, 0.4) is 0 Å². The summed E-state index contributed by atoms with van der Waals surface area (Å²) in [7, 11) is 0. The number of benzene rings is 3. The molecule has 6 heteroatoms. The summed E-state index contributed by atoms with van der Waals surface area (Å²) in [5.74, 6) is -0.529. The van der Waals surface area contributed by atoms with Crippen molar-refractivity contribution in [2.24, 2.45) is 0 Å². The molecule has 0 aliphatic carbocycles. The number of thioether (sulfide) groups is 1. The van der Waals surface area contributed by atoms with Crippen LogP contribution in [0.1, 0.15) is 21.5 Å². The molecule has 1 atom stereocenters. The van der Waals surface area contributed by atoms with E-state index in [1.165, 1.54) is 16.7 Å². The van der Waals surface area contributed by atoms with Gasteiger partial charge < -0.3 is 4.98 Å². The van der Waals surface area contributed by atoms with Crippen molar-refractivity contribution in [2.45, 2.75) is 18.6 Å². The smallest absolute Gasteiger partial charge is 0.245 e. The van der Waals surface area contributed by atoms with E-state index in [2.05, 4.69) is 11.1 Å². The molecule has 1 aliphatic rings. The number of H-pyrrole nitrogens is 1. The first-order valence-electron chi connectivity index (χ1n) is 10.9. The molecule has 0 radical (unpaired) electrons. The van der Waals surface area contributed by atoms with Gasteiger partial charge in [-0.15, -0.1) is 0 Å². The van der Waals surface area contributed by atoms with Crippen molar-refractivity contribution in [1.82, 2.24) is 4.98 Å². The van der Waals surface area contributed by atoms with Crippen molar-refractivity contribution in [3.8, 4) is 6.07 Å². The van der Waals surface area contributed by atoms with Crippen LogP contribution in [0.2, 0.25) is 0 Å².